The van der Waals surface area contributed by atoms with Gasteiger partial charge in [0.2, 0.25) is 0 Å². The third kappa shape index (κ3) is 1.31. The average molecular weight is 198 g/mol. The van der Waals surface area contributed by atoms with Crippen LogP contribution in [0.3, 0.4) is 0 Å². The molecule has 0 amide bonds. The van der Waals surface area contributed by atoms with E-state index >= 15 is 0 Å². The van der Waals surface area contributed by atoms with Crippen molar-refractivity contribution in [2.45, 2.75) is 52.2 Å². The van der Waals surface area contributed by atoms with Crippen LogP contribution in [0.25, 0.3) is 0 Å². The first-order chi connectivity index (χ1) is 6.42. The highest BCUT2D eigenvalue weighted by Gasteiger charge is 2.64. The van der Waals surface area contributed by atoms with Crippen molar-refractivity contribution in [2.24, 2.45) is 17.3 Å². The Balaban J connectivity index is 2.09. The van der Waals surface area contributed by atoms with Crippen molar-refractivity contribution < 1.29 is 9.84 Å². The van der Waals surface area contributed by atoms with Crippen LogP contribution in [0, 0.1) is 17.3 Å². The molecule has 0 aromatic carbocycles. The second-order valence-corrected chi connectivity index (χ2v) is 5.74. The Morgan fingerprint density at radius 1 is 1.29 bits per heavy atom. The van der Waals surface area contributed by atoms with Crippen molar-refractivity contribution in [3.63, 3.8) is 0 Å². The molecule has 2 fully saturated rings. The van der Waals surface area contributed by atoms with Crippen molar-refractivity contribution >= 4 is 0 Å². The van der Waals surface area contributed by atoms with Gasteiger partial charge in [0, 0.05) is 6.61 Å². The van der Waals surface area contributed by atoms with E-state index in [1.54, 1.807) is 0 Å². The van der Waals surface area contributed by atoms with Gasteiger partial charge in [-0.15, -0.1) is 0 Å². The van der Waals surface area contributed by atoms with Crippen LogP contribution in [0.4, 0.5) is 0 Å². The minimum Gasteiger partial charge on any atom is -0.390 e. The number of ether oxygens (including phenoxy) is 1. The number of hydrogen-bond acceptors (Lipinski definition) is 2. The minimum atomic E-state index is -0.288. The van der Waals surface area contributed by atoms with Crippen LogP contribution in [0.5, 0.6) is 0 Å². The number of hydrogen-bond donors (Lipinski definition) is 1. The maximum Gasteiger partial charge on any atom is 0.0915 e. The third-order valence-corrected chi connectivity index (χ3v) is 4.57. The molecule has 4 atom stereocenters. The van der Waals surface area contributed by atoms with Crippen LogP contribution >= 0.6 is 0 Å². The first kappa shape index (κ1) is 10.4. The van der Waals surface area contributed by atoms with E-state index in [1.165, 1.54) is 0 Å². The van der Waals surface area contributed by atoms with Gasteiger partial charge in [-0.3, -0.25) is 0 Å². The number of fused-ring (bicyclic) bond motifs is 1. The Hall–Kier alpha value is -0.0800. The Bertz CT molecular complexity index is 236. The quantitative estimate of drug-likeness (QED) is 0.737. The van der Waals surface area contributed by atoms with Gasteiger partial charge in [0.25, 0.3) is 0 Å². The largest absolute Gasteiger partial charge is 0.390 e. The molecule has 0 radical (unpaired) electrons. The first-order valence-electron chi connectivity index (χ1n) is 5.74. The molecular weight excluding hydrogens is 176 g/mol. The Morgan fingerprint density at radius 2 is 1.93 bits per heavy atom. The molecule has 2 saturated carbocycles. The van der Waals surface area contributed by atoms with Crippen molar-refractivity contribution in [3.8, 4) is 0 Å². The molecule has 1 N–H and O–H groups in total. The predicted octanol–water partition coefficient (Wildman–Crippen LogP) is 2.21. The highest BCUT2D eigenvalue weighted by atomic mass is 16.5. The summed E-state index contributed by atoms with van der Waals surface area (Å²) < 4.78 is 5.72. The van der Waals surface area contributed by atoms with E-state index in [2.05, 4.69) is 20.8 Å². The van der Waals surface area contributed by atoms with Crippen molar-refractivity contribution in [1.29, 1.82) is 0 Å². The Morgan fingerprint density at radius 3 is 2.50 bits per heavy atom. The lowest BCUT2D eigenvalue weighted by Crippen LogP contribution is -2.45. The van der Waals surface area contributed by atoms with Crippen LogP contribution in [0.1, 0.15) is 40.5 Å². The lowest BCUT2D eigenvalue weighted by atomic mass is 9.83. The molecule has 0 saturated heterocycles. The predicted molar refractivity (Wildman–Crippen MR) is 56.0 cm³/mol. The fraction of sp³-hybridized carbons (Fsp3) is 1.00. The maximum atomic E-state index is 10.1. The Kier molecular flexibility index (Phi) is 2.20. The average Bonchev–Trinajstić information content (AvgIpc) is 2.56. The molecule has 2 aliphatic carbocycles. The zero-order chi connectivity index (χ0) is 10.6. The molecule has 2 nitrogen and oxygen atoms in total. The lowest BCUT2D eigenvalue weighted by Gasteiger charge is -2.37. The molecule has 0 aromatic rings. The molecule has 0 heterocycles. The zero-order valence-electron chi connectivity index (χ0n) is 9.71. The lowest BCUT2D eigenvalue weighted by molar-refractivity contribution is -0.131. The number of aliphatic hydroxyl groups is 1. The summed E-state index contributed by atoms with van der Waals surface area (Å²) in [6.45, 7) is 9.39. The Labute approximate surface area is 86.6 Å². The van der Waals surface area contributed by atoms with Crippen LogP contribution in [-0.2, 0) is 4.74 Å². The summed E-state index contributed by atoms with van der Waals surface area (Å²) in [5.74, 6) is 1.49. The first-order valence-corrected chi connectivity index (χ1v) is 5.74. The molecule has 2 heteroatoms. The monoisotopic (exact) mass is 198 g/mol. The van der Waals surface area contributed by atoms with E-state index < -0.39 is 0 Å². The molecule has 0 aromatic heterocycles. The summed E-state index contributed by atoms with van der Waals surface area (Å²) in [5.41, 5.74) is 0.152. The number of rotatable bonds is 2. The normalized spacial score (nSPS) is 49.9. The third-order valence-electron chi connectivity index (χ3n) is 4.57. The fourth-order valence-electron chi connectivity index (χ4n) is 3.28. The van der Waals surface area contributed by atoms with Crippen LogP contribution in [0.2, 0.25) is 0 Å². The molecule has 2 rings (SSSR count). The van der Waals surface area contributed by atoms with Gasteiger partial charge in [-0.1, -0.05) is 13.8 Å². The van der Waals surface area contributed by atoms with Gasteiger partial charge in [-0.25, -0.2) is 0 Å². The fourth-order valence-corrected chi connectivity index (χ4v) is 3.28. The molecule has 1 unspecified atom stereocenters. The minimum absolute atomic E-state index is 0.273. The summed E-state index contributed by atoms with van der Waals surface area (Å²) in [5, 5.41) is 10.1. The maximum absolute atomic E-state index is 10.1. The second-order valence-electron chi connectivity index (χ2n) is 5.74. The molecule has 0 aliphatic heterocycles. The highest BCUT2D eigenvalue weighted by Crippen LogP contribution is 2.66. The SMILES string of the molecule is CCO[C@]1(C)C[C@H]2C(C[C@H]1O)C2(C)C. The zero-order valence-corrected chi connectivity index (χ0v) is 9.71. The molecule has 0 spiro atoms. The van der Waals surface area contributed by atoms with E-state index in [9.17, 15) is 5.11 Å². The van der Waals surface area contributed by atoms with E-state index in [4.69, 9.17) is 4.74 Å². The molecule has 0 bridgehead atoms. The molecular formula is C12H22O2. The van der Waals surface area contributed by atoms with E-state index in [-0.39, 0.29) is 11.7 Å². The summed E-state index contributed by atoms with van der Waals surface area (Å²) >= 11 is 0. The van der Waals surface area contributed by atoms with Gasteiger partial charge < -0.3 is 9.84 Å². The van der Waals surface area contributed by atoms with Gasteiger partial charge in [-0.2, -0.15) is 0 Å². The number of aliphatic hydroxyl groups excluding tert-OH is 1. The van der Waals surface area contributed by atoms with Crippen LogP contribution in [0.15, 0.2) is 0 Å². The summed E-state index contributed by atoms with van der Waals surface area (Å²) in [6.07, 6.45) is 1.68. The van der Waals surface area contributed by atoms with Crippen LogP contribution in [-0.4, -0.2) is 23.4 Å². The van der Waals surface area contributed by atoms with Crippen LogP contribution < -0.4 is 0 Å². The van der Waals surface area contributed by atoms with Gasteiger partial charge in [0.15, 0.2) is 0 Å². The van der Waals surface area contributed by atoms with Gasteiger partial charge in [0.05, 0.1) is 11.7 Å². The van der Waals surface area contributed by atoms with Crippen molar-refractivity contribution in [1.82, 2.24) is 0 Å². The molecule has 14 heavy (non-hydrogen) atoms. The smallest absolute Gasteiger partial charge is 0.0915 e. The van der Waals surface area contributed by atoms with Gasteiger partial charge in [0.1, 0.15) is 0 Å². The standard InChI is InChI=1S/C12H22O2/c1-5-14-12(4)7-9-8(6-10(12)13)11(9,2)3/h8-10,13H,5-7H2,1-4H3/t8?,9-,10+,12+/m0/s1. The summed E-state index contributed by atoms with van der Waals surface area (Å²) in [7, 11) is 0. The van der Waals surface area contributed by atoms with Gasteiger partial charge in [-0.05, 0) is 43.9 Å². The summed E-state index contributed by atoms with van der Waals surface area (Å²) in [4.78, 5) is 0. The summed E-state index contributed by atoms with van der Waals surface area (Å²) in [6, 6.07) is 0. The van der Waals surface area contributed by atoms with Crippen molar-refractivity contribution in [3.05, 3.63) is 0 Å². The van der Waals surface area contributed by atoms with E-state index in [0.717, 1.165) is 24.7 Å². The highest BCUT2D eigenvalue weighted by molar-refractivity contribution is 5.13. The van der Waals surface area contributed by atoms with Crippen molar-refractivity contribution in [2.75, 3.05) is 6.61 Å². The topological polar surface area (TPSA) is 29.5 Å². The second kappa shape index (κ2) is 2.96. The van der Waals surface area contributed by atoms with E-state index in [1.807, 2.05) is 6.92 Å². The molecule has 82 valence electrons. The van der Waals surface area contributed by atoms with Gasteiger partial charge >= 0.3 is 0 Å². The van der Waals surface area contributed by atoms with E-state index in [0.29, 0.717) is 12.0 Å². The molecule has 2 aliphatic rings.